The highest BCUT2D eigenvalue weighted by atomic mass is 32.1. The Kier molecular flexibility index (Phi) is 2.09. The average molecular weight is 208 g/mol. The molecule has 0 spiro atoms. The third-order valence-corrected chi connectivity index (χ3v) is 2.74. The molecule has 14 heavy (non-hydrogen) atoms. The minimum Gasteiger partial charge on any atom is -0.365 e. The van der Waals surface area contributed by atoms with Crippen molar-refractivity contribution in [2.24, 2.45) is 5.73 Å². The smallest absolute Gasteiger partial charge is 0.254 e. The molecule has 2 aromatic rings. The van der Waals surface area contributed by atoms with Crippen molar-refractivity contribution in [3.63, 3.8) is 0 Å². The van der Waals surface area contributed by atoms with Crippen LogP contribution in [0.2, 0.25) is 0 Å². The standard InChI is InChI=1S/C9H8N2O2S/c1-5-7(9(10)12)8(11-13-5)6-3-2-4-14-6/h2-4H,1H3,(H2,10,12). The molecule has 4 nitrogen and oxygen atoms in total. The summed E-state index contributed by atoms with van der Waals surface area (Å²) in [7, 11) is 0. The van der Waals surface area contributed by atoms with E-state index in [0.717, 1.165) is 4.88 Å². The Balaban J connectivity index is 2.60. The summed E-state index contributed by atoms with van der Waals surface area (Å²) in [6.07, 6.45) is 0. The Morgan fingerprint density at radius 2 is 2.43 bits per heavy atom. The van der Waals surface area contributed by atoms with Crippen LogP contribution >= 0.6 is 11.3 Å². The van der Waals surface area contributed by atoms with Gasteiger partial charge in [-0.1, -0.05) is 11.2 Å². The van der Waals surface area contributed by atoms with E-state index in [2.05, 4.69) is 5.16 Å². The normalized spacial score (nSPS) is 10.4. The second kappa shape index (κ2) is 3.26. The van der Waals surface area contributed by atoms with Gasteiger partial charge in [0.1, 0.15) is 17.0 Å². The second-order valence-corrected chi connectivity index (χ2v) is 3.75. The van der Waals surface area contributed by atoms with Crippen molar-refractivity contribution < 1.29 is 9.32 Å². The van der Waals surface area contributed by atoms with Crippen LogP contribution < -0.4 is 5.73 Å². The van der Waals surface area contributed by atoms with E-state index in [4.69, 9.17) is 10.3 Å². The number of carbonyl (C=O) groups excluding carboxylic acids is 1. The lowest BCUT2D eigenvalue weighted by Crippen LogP contribution is -2.12. The number of thiophene rings is 1. The molecule has 2 rings (SSSR count). The predicted molar refractivity (Wildman–Crippen MR) is 53.1 cm³/mol. The molecule has 2 heterocycles. The van der Waals surface area contributed by atoms with E-state index in [1.165, 1.54) is 11.3 Å². The van der Waals surface area contributed by atoms with Crippen LogP contribution in [0.5, 0.6) is 0 Å². The van der Waals surface area contributed by atoms with Crippen LogP contribution in [-0.4, -0.2) is 11.1 Å². The minimum absolute atomic E-state index is 0.368. The summed E-state index contributed by atoms with van der Waals surface area (Å²) in [5, 5.41) is 5.72. The number of hydrogen-bond donors (Lipinski definition) is 1. The molecule has 0 atom stereocenters. The quantitative estimate of drug-likeness (QED) is 0.818. The molecule has 0 aliphatic rings. The SMILES string of the molecule is Cc1onc(-c2cccs2)c1C(N)=O. The van der Waals surface area contributed by atoms with E-state index in [0.29, 0.717) is 17.0 Å². The molecule has 0 aliphatic heterocycles. The summed E-state index contributed by atoms with van der Waals surface area (Å²) in [6.45, 7) is 1.67. The van der Waals surface area contributed by atoms with E-state index < -0.39 is 5.91 Å². The maximum Gasteiger partial charge on any atom is 0.254 e. The number of nitrogens with two attached hydrogens (primary N) is 1. The molecule has 0 aliphatic carbocycles. The summed E-state index contributed by atoms with van der Waals surface area (Å²) in [5.41, 5.74) is 6.13. The highest BCUT2D eigenvalue weighted by Crippen LogP contribution is 2.28. The summed E-state index contributed by atoms with van der Waals surface area (Å²) in [4.78, 5) is 12.0. The Hall–Kier alpha value is -1.62. The van der Waals surface area contributed by atoms with Gasteiger partial charge in [-0.25, -0.2) is 0 Å². The molecule has 2 aromatic heterocycles. The fourth-order valence-corrected chi connectivity index (χ4v) is 1.96. The first kappa shape index (κ1) is 8.96. The largest absolute Gasteiger partial charge is 0.365 e. The lowest BCUT2D eigenvalue weighted by atomic mass is 10.1. The van der Waals surface area contributed by atoms with Gasteiger partial charge in [0.2, 0.25) is 0 Å². The van der Waals surface area contributed by atoms with Gasteiger partial charge in [0.15, 0.2) is 0 Å². The summed E-state index contributed by atoms with van der Waals surface area (Å²) in [6, 6.07) is 3.75. The molecule has 0 saturated carbocycles. The first-order chi connectivity index (χ1) is 6.70. The Labute approximate surface area is 84.3 Å². The molecule has 0 aromatic carbocycles. The molecule has 1 amide bonds. The van der Waals surface area contributed by atoms with Gasteiger partial charge in [-0.2, -0.15) is 0 Å². The van der Waals surface area contributed by atoms with Gasteiger partial charge in [-0.15, -0.1) is 11.3 Å². The number of amides is 1. The van der Waals surface area contributed by atoms with Crippen molar-refractivity contribution in [1.29, 1.82) is 0 Å². The number of carbonyl (C=O) groups is 1. The summed E-state index contributed by atoms with van der Waals surface area (Å²) < 4.78 is 4.94. The predicted octanol–water partition coefficient (Wildman–Crippen LogP) is 1.81. The van der Waals surface area contributed by atoms with Crippen LogP contribution in [0.25, 0.3) is 10.6 Å². The molecule has 2 N–H and O–H groups in total. The number of hydrogen-bond acceptors (Lipinski definition) is 4. The molecule has 72 valence electrons. The number of nitrogens with zero attached hydrogens (tertiary/aromatic N) is 1. The summed E-state index contributed by atoms with van der Waals surface area (Å²) in [5.74, 6) is -0.0481. The number of aromatic nitrogens is 1. The van der Waals surface area contributed by atoms with Gasteiger partial charge >= 0.3 is 0 Å². The van der Waals surface area contributed by atoms with E-state index in [1.807, 2.05) is 17.5 Å². The van der Waals surface area contributed by atoms with Crippen molar-refractivity contribution in [3.8, 4) is 10.6 Å². The molecular formula is C9H8N2O2S. The zero-order valence-electron chi connectivity index (χ0n) is 7.48. The number of aryl methyl sites for hydroxylation is 1. The van der Waals surface area contributed by atoms with E-state index in [9.17, 15) is 4.79 Å². The molecular weight excluding hydrogens is 200 g/mol. The highest BCUT2D eigenvalue weighted by Gasteiger charge is 2.19. The second-order valence-electron chi connectivity index (χ2n) is 2.80. The van der Waals surface area contributed by atoms with Crippen molar-refractivity contribution >= 4 is 17.2 Å². The molecule has 0 bridgehead atoms. The van der Waals surface area contributed by atoms with Crippen LogP contribution in [0.1, 0.15) is 16.1 Å². The van der Waals surface area contributed by atoms with Crippen LogP contribution in [0.4, 0.5) is 0 Å². The minimum atomic E-state index is -0.507. The maximum atomic E-state index is 11.1. The topological polar surface area (TPSA) is 69.1 Å². The molecule has 0 radical (unpaired) electrons. The lowest BCUT2D eigenvalue weighted by Gasteiger charge is -1.93. The van der Waals surface area contributed by atoms with Gasteiger partial charge < -0.3 is 10.3 Å². The van der Waals surface area contributed by atoms with Crippen molar-refractivity contribution in [2.75, 3.05) is 0 Å². The van der Waals surface area contributed by atoms with Crippen molar-refractivity contribution in [2.45, 2.75) is 6.92 Å². The Bertz CT molecular complexity index is 459. The average Bonchev–Trinajstić information content (AvgIpc) is 2.70. The fraction of sp³-hybridized carbons (Fsp3) is 0.111. The van der Waals surface area contributed by atoms with Gasteiger partial charge in [0.05, 0.1) is 4.88 Å². The molecule has 0 fully saturated rings. The molecule has 5 heteroatoms. The zero-order chi connectivity index (χ0) is 10.1. The zero-order valence-corrected chi connectivity index (χ0v) is 8.30. The van der Waals surface area contributed by atoms with Gasteiger partial charge in [0.25, 0.3) is 5.91 Å². The third kappa shape index (κ3) is 1.31. The van der Waals surface area contributed by atoms with Crippen LogP contribution in [-0.2, 0) is 0 Å². The summed E-state index contributed by atoms with van der Waals surface area (Å²) >= 11 is 1.49. The highest BCUT2D eigenvalue weighted by molar-refractivity contribution is 7.13. The van der Waals surface area contributed by atoms with E-state index in [1.54, 1.807) is 6.92 Å². The Morgan fingerprint density at radius 1 is 1.64 bits per heavy atom. The van der Waals surface area contributed by atoms with E-state index >= 15 is 0 Å². The van der Waals surface area contributed by atoms with Crippen LogP contribution in [0.3, 0.4) is 0 Å². The lowest BCUT2D eigenvalue weighted by molar-refractivity contribution is 0.0999. The van der Waals surface area contributed by atoms with Crippen molar-refractivity contribution in [1.82, 2.24) is 5.16 Å². The first-order valence-corrected chi connectivity index (χ1v) is 4.88. The molecule has 0 unspecified atom stereocenters. The van der Waals surface area contributed by atoms with Crippen molar-refractivity contribution in [3.05, 3.63) is 28.8 Å². The maximum absolute atomic E-state index is 11.1. The van der Waals surface area contributed by atoms with E-state index in [-0.39, 0.29) is 0 Å². The van der Waals surface area contributed by atoms with Gasteiger partial charge in [-0.3, -0.25) is 4.79 Å². The van der Waals surface area contributed by atoms with Gasteiger partial charge in [0, 0.05) is 0 Å². The number of primary amides is 1. The monoisotopic (exact) mass is 208 g/mol. The number of rotatable bonds is 2. The van der Waals surface area contributed by atoms with Gasteiger partial charge in [-0.05, 0) is 18.4 Å². The fourth-order valence-electron chi connectivity index (χ4n) is 1.24. The Morgan fingerprint density at radius 3 is 3.00 bits per heavy atom. The van der Waals surface area contributed by atoms with Crippen LogP contribution in [0.15, 0.2) is 22.0 Å². The molecule has 0 saturated heterocycles. The van der Waals surface area contributed by atoms with Crippen LogP contribution in [0, 0.1) is 6.92 Å². The first-order valence-electron chi connectivity index (χ1n) is 4.00. The third-order valence-electron chi connectivity index (χ3n) is 1.86.